The minimum Gasteiger partial charge on any atom is -0.401 e. The normalized spacial score (nSPS) is 14.3. The molecule has 6 N–H and O–H groups in total. The highest BCUT2D eigenvalue weighted by Crippen LogP contribution is 2.28. The quantitative estimate of drug-likeness (QED) is 0.363. The molecule has 1 aliphatic heterocycles. The Morgan fingerprint density at radius 3 is 2.90 bits per heavy atom. The Morgan fingerprint density at radius 2 is 2.16 bits per heavy atom. The van der Waals surface area contributed by atoms with Gasteiger partial charge in [0.05, 0.1) is 5.69 Å². The van der Waals surface area contributed by atoms with E-state index in [0.29, 0.717) is 49.1 Å². The first-order valence-corrected chi connectivity index (χ1v) is 10.3. The summed E-state index contributed by atoms with van der Waals surface area (Å²) in [7, 11) is 3.80. The SMILES string of the molecule is CCNc1ncc2c(n1)N(C)CCN(c1cccc(N(N)/C=C(\N)CCNC)c1)C2=O. The maximum atomic E-state index is 13.3. The molecular formula is C21H31N9O. The summed E-state index contributed by atoms with van der Waals surface area (Å²) in [6.07, 6.45) is 3.97. The molecule has 0 radical (unpaired) electrons. The van der Waals surface area contributed by atoms with Crippen molar-refractivity contribution in [2.75, 3.05) is 60.4 Å². The van der Waals surface area contributed by atoms with Crippen LogP contribution in [0.1, 0.15) is 23.7 Å². The molecule has 0 aliphatic carbocycles. The molecule has 0 fully saturated rings. The van der Waals surface area contributed by atoms with Crippen LogP contribution < -0.4 is 37.0 Å². The standard InChI is InChI=1S/C21H31N9O/c1-4-25-21-26-13-18-19(27-21)28(3)10-11-29(20(18)31)16-6-5-7-17(12-16)30(23)14-15(22)8-9-24-2/h5-7,12-14,24H,4,8-11,22-23H2,1-3H3,(H,25,26,27)/b15-14-. The Kier molecular flexibility index (Phi) is 7.27. The first-order valence-electron chi connectivity index (χ1n) is 10.3. The summed E-state index contributed by atoms with van der Waals surface area (Å²) in [6.45, 7) is 4.59. The molecule has 0 saturated heterocycles. The molecule has 1 aromatic carbocycles. The third-order valence-corrected chi connectivity index (χ3v) is 5.01. The Labute approximate surface area is 182 Å². The van der Waals surface area contributed by atoms with Crippen molar-refractivity contribution in [2.24, 2.45) is 11.6 Å². The summed E-state index contributed by atoms with van der Waals surface area (Å²) in [5.41, 5.74) is 8.64. The topological polar surface area (TPSA) is 129 Å². The van der Waals surface area contributed by atoms with E-state index in [1.54, 1.807) is 17.3 Å². The minimum atomic E-state index is -0.146. The van der Waals surface area contributed by atoms with E-state index in [4.69, 9.17) is 11.6 Å². The largest absolute Gasteiger partial charge is 0.401 e. The number of anilines is 4. The van der Waals surface area contributed by atoms with Crippen molar-refractivity contribution < 1.29 is 4.79 Å². The fraction of sp³-hybridized carbons (Fsp3) is 0.381. The molecule has 2 heterocycles. The van der Waals surface area contributed by atoms with Crippen molar-refractivity contribution in [1.29, 1.82) is 0 Å². The monoisotopic (exact) mass is 425 g/mol. The summed E-state index contributed by atoms with van der Waals surface area (Å²) in [5, 5.41) is 7.62. The van der Waals surface area contributed by atoms with Crippen LogP contribution >= 0.6 is 0 Å². The van der Waals surface area contributed by atoms with Gasteiger partial charge in [-0.3, -0.25) is 9.80 Å². The van der Waals surface area contributed by atoms with Gasteiger partial charge in [-0.25, -0.2) is 10.8 Å². The van der Waals surface area contributed by atoms with Crippen LogP contribution in [0.2, 0.25) is 0 Å². The molecule has 2 aromatic rings. The van der Waals surface area contributed by atoms with Crippen molar-refractivity contribution in [1.82, 2.24) is 15.3 Å². The summed E-state index contributed by atoms with van der Waals surface area (Å²) in [5.74, 6) is 7.18. The number of rotatable bonds is 8. The van der Waals surface area contributed by atoms with Crippen LogP contribution in [0.25, 0.3) is 0 Å². The van der Waals surface area contributed by atoms with Crippen molar-refractivity contribution >= 4 is 29.0 Å². The lowest BCUT2D eigenvalue weighted by molar-refractivity contribution is 0.0989. The van der Waals surface area contributed by atoms with Gasteiger partial charge < -0.3 is 26.2 Å². The van der Waals surface area contributed by atoms with E-state index >= 15 is 0 Å². The number of benzene rings is 1. The van der Waals surface area contributed by atoms with Crippen LogP contribution in [0, 0.1) is 0 Å². The zero-order chi connectivity index (χ0) is 22.4. The average molecular weight is 426 g/mol. The molecular weight excluding hydrogens is 394 g/mol. The van der Waals surface area contributed by atoms with Gasteiger partial charge in [0.25, 0.3) is 5.91 Å². The van der Waals surface area contributed by atoms with Crippen molar-refractivity contribution in [3.8, 4) is 0 Å². The second-order valence-corrected chi connectivity index (χ2v) is 7.32. The first-order chi connectivity index (χ1) is 14.9. The predicted molar refractivity (Wildman–Crippen MR) is 125 cm³/mol. The number of amides is 1. The molecule has 0 spiro atoms. The second-order valence-electron chi connectivity index (χ2n) is 7.32. The van der Waals surface area contributed by atoms with Gasteiger partial charge in [-0.05, 0) is 32.2 Å². The van der Waals surface area contributed by atoms with E-state index in [0.717, 1.165) is 17.9 Å². The van der Waals surface area contributed by atoms with Crippen molar-refractivity contribution in [2.45, 2.75) is 13.3 Å². The van der Waals surface area contributed by atoms with Crippen LogP contribution in [0.15, 0.2) is 42.4 Å². The van der Waals surface area contributed by atoms with Gasteiger partial charge in [0.15, 0.2) is 0 Å². The van der Waals surface area contributed by atoms with Crippen LogP contribution in [0.4, 0.5) is 23.1 Å². The van der Waals surface area contributed by atoms with Crippen LogP contribution in [-0.4, -0.2) is 56.1 Å². The lowest BCUT2D eigenvalue weighted by Gasteiger charge is -2.23. The van der Waals surface area contributed by atoms with E-state index in [-0.39, 0.29) is 5.91 Å². The molecule has 10 heteroatoms. The highest BCUT2D eigenvalue weighted by molar-refractivity contribution is 6.09. The first kappa shape index (κ1) is 22.3. The number of aromatic nitrogens is 2. The Morgan fingerprint density at radius 1 is 1.35 bits per heavy atom. The van der Waals surface area contributed by atoms with E-state index in [1.807, 2.05) is 50.2 Å². The number of hydrogen-bond donors (Lipinski definition) is 4. The summed E-state index contributed by atoms with van der Waals surface area (Å²) < 4.78 is 0. The Bertz CT molecular complexity index is 946. The molecule has 1 aliphatic rings. The lowest BCUT2D eigenvalue weighted by Crippen LogP contribution is -2.34. The highest BCUT2D eigenvalue weighted by atomic mass is 16.2. The van der Waals surface area contributed by atoms with Gasteiger partial charge in [-0.1, -0.05) is 6.07 Å². The number of nitrogens with one attached hydrogen (secondary N) is 2. The fourth-order valence-corrected chi connectivity index (χ4v) is 3.32. The number of carbonyl (C=O) groups is 1. The summed E-state index contributed by atoms with van der Waals surface area (Å²) in [4.78, 5) is 25.9. The van der Waals surface area contributed by atoms with Gasteiger partial charge in [0.1, 0.15) is 11.4 Å². The molecule has 0 atom stereocenters. The summed E-state index contributed by atoms with van der Waals surface area (Å²) >= 11 is 0. The maximum absolute atomic E-state index is 13.3. The zero-order valence-corrected chi connectivity index (χ0v) is 18.3. The van der Waals surface area contributed by atoms with E-state index < -0.39 is 0 Å². The maximum Gasteiger partial charge on any atom is 0.263 e. The van der Waals surface area contributed by atoms with E-state index in [2.05, 4.69) is 20.6 Å². The predicted octanol–water partition coefficient (Wildman–Crippen LogP) is 1.09. The molecule has 1 aromatic heterocycles. The zero-order valence-electron chi connectivity index (χ0n) is 18.3. The summed E-state index contributed by atoms with van der Waals surface area (Å²) in [6, 6.07) is 7.51. The smallest absolute Gasteiger partial charge is 0.263 e. The average Bonchev–Trinajstić information content (AvgIpc) is 2.89. The van der Waals surface area contributed by atoms with Gasteiger partial charge in [-0.2, -0.15) is 4.98 Å². The van der Waals surface area contributed by atoms with Crippen LogP contribution in [0.5, 0.6) is 0 Å². The molecule has 10 nitrogen and oxygen atoms in total. The van der Waals surface area contributed by atoms with Gasteiger partial charge in [0.2, 0.25) is 5.95 Å². The third-order valence-electron chi connectivity index (χ3n) is 5.01. The molecule has 166 valence electrons. The van der Waals surface area contributed by atoms with E-state index in [1.165, 1.54) is 5.01 Å². The van der Waals surface area contributed by atoms with Gasteiger partial charge >= 0.3 is 0 Å². The van der Waals surface area contributed by atoms with Gasteiger partial charge in [-0.15, -0.1) is 0 Å². The van der Waals surface area contributed by atoms with Crippen LogP contribution in [0.3, 0.4) is 0 Å². The van der Waals surface area contributed by atoms with Crippen molar-refractivity contribution in [3.05, 3.63) is 47.9 Å². The molecule has 1 amide bonds. The molecule has 3 rings (SSSR count). The fourth-order valence-electron chi connectivity index (χ4n) is 3.32. The minimum absolute atomic E-state index is 0.146. The number of nitrogens with zero attached hydrogens (tertiary/aromatic N) is 5. The third kappa shape index (κ3) is 5.22. The molecule has 0 unspecified atom stereocenters. The molecule has 0 bridgehead atoms. The number of hydrazine groups is 1. The second kappa shape index (κ2) is 10.1. The number of nitrogens with two attached hydrogens (primary N) is 2. The van der Waals surface area contributed by atoms with Gasteiger partial charge in [0, 0.05) is 63.4 Å². The lowest BCUT2D eigenvalue weighted by atomic mass is 10.2. The van der Waals surface area contributed by atoms with Crippen LogP contribution in [-0.2, 0) is 0 Å². The number of likely N-dealkylation sites (N-methyl/N-ethyl adjacent to an activating group) is 1. The molecule has 0 saturated carbocycles. The highest BCUT2D eigenvalue weighted by Gasteiger charge is 2.28. The Hall–Kier alpha value is -3.37. The number of carbonyl (C=O) groups excluding carboxylic acids is 1. The number of fused-ring (bicyclic) bond motifs is 1. The van der Waals surface area contributed by atoms with E-state index in [9.17, 15) is 4.79 Å². The Balaban J connectivity index is 1.87. The number of hydrogen-bond acceptors (Lipinski definition) is 9. The van der Waals surface area contributed by atoms with Crippen molar-refractivity contribution in [3.63, 3.8) is 0 Å². The molecule has 31 heavy (non-hydrogen) atoms.